The van der Waals surface area contributed by atoms with Gasteiger partial charge in [0.2, 0.25) is 0 Å². The molecular formula is C115H102O28S. The number of carbonyl (C=O) groups is 8. The van der Waals surface area contributed by atoms with Crippen LogP contribution in [0.25, 0.3) is 0 Å². The van der Waals surface area contributed by atoms with Crippen molar-refractivity contribution >= 4 is 59.5 Å². The normalized spacial score (nSPS) is 24.9. The molecule has 144 heavy (non-hydrogen) atoms. The van der Waals surface area contributed by atoms with E-state index in [1.54, 1.807) is 255 Å². The summed E-state index contributed by atoms with van der Waals surface area (Å²) in [6.07, 6.45) is -32.2. The highest BCUT2D eigenvalue weighted by atomic mass is 32.2. The topological polar surface area (TPSA) is 321 Å². The van der Waals surface area contributed by atoms with E-state index in [-0.39, 0.29) is 70.9 Å². The van der Waals surface area contributed by atoms with Gasteiger partial charge in [0.15, 0.2) is 74.0 Å². The van der Waals surface area contributed by atoms with Crippen LogP contribution in [-0.2, 0) is 115 Å². The van der Waals surface area contributed by atoms with Gasteiger partial charge in [-0.05, 0) is 133 Å². The number of rotatable bonds is 37. The Labute approximate surface area is 834 Å². The third kappa shape index (κ3) is 25.6. The van der Waals surface area contributed by atoms with Gasteiger partial charge in [-0.25, -0.2) is 38.4 Å². The molecule has 13 aromatic rings. The Morgan fingerprint density at radius 1 is 0.250 bits per heavy atom. The molecular weight excluding hydrogens is 1860 g/mol. The van der Waals surface area contributed by atoms with E-state index in [0.717, 1.165) is 17.3 Å². The molecule has 29 heteroatoms. The van der Waals surface area contributed by atoms with Crippen molar-refractivity contribution in [1.82, 2.24) is 0 Å². The molecule has 0 spiro atoms. The summed E-state index contributed by atoms with van der Waals surface area (Å²) < 4.78 is 139. The summed E-state index contributed by atoms with van der Waals surface area (Å²) in [6, 6.07) is 108. The van der Waals surface area contributed by atoms with Gasteiger partial charge in [0, 0.05) is 10.5 Å². The Balaban J connectivity index is 0.767. The number of ether oxygens (including phenoxy) is 20. The lowest BCUT2D eigenvalue weighted by atomic mass is 9.96. The van der Waals surface area contributed by atoms with Crippen LogP contribution in [0.4, 0.5) is 0 Å². The van der Waals surface area contributed by atoms with Crippen molar-refractivity contribution < 1.29 is 133 Å². The van der Waals surface area contributed by atoms with Gasteiger partial charge in [0.1, 0.15) is 54.3 Å². The molecule has 0 aliphatic carbocycles. The maximum atomic E-state index is 15.5. The molecule has 736 valence electrons. The molecule has 1 unspecified atom stereocenters. The number of hydrogen-bond acceptors (Lipinski definition) is 29. The van der Waals surface area contributed by atoms with Gasteiger partial charge in [-0.15, -0.1) is 0 Å². The molecule has 0 radical (unpaired) electrons. The first kappa shape index (κ1) is 99.6. The molecule has 5 heterocycles. The summed E-state index contributed by atoms with van der Waals surface area (Å²) in [6.45, 7) is -1.07. The molecule has 28 nitrogen and oxygen atoms in total. The SMILES string of the molecule is Cc1ccc(S[C@@H]2O[C@H](CO[C@@H]3O[C@H](CO[C@@H]4O[C@H](CO[C@@H]5O[C@@H]6COC(c7ccccc7)O[C@H]6[C@H](OC(=O)c6ccccc6)[C@H]5OC(=O)c5ccccc5)[C@@H](OCc5ccccc5)[C@H](OC(=O)c5ccccc5)[C@H]4OC(=O)c4ccccc4)[C@@H](OCc4ccccc4)[C@H](OC(=O)c4ccccc4)[C@H]3OC(=O)c3ccccc3)[C@@H](OCc3ccccc3)[C@H](OC(=O)c3ccccc3)[C@H]2OC(=O)c2ccccc2)cc1. The van der Waals surface area contributed by atoms with Crippen molar-refractivity contribution in [3.8, 4) is 0 Å². The molecule has 5 aliphatic heterocycles. The Kier molecular flexibility index (Phi) is 33.9. The van der Waals surface area contributed by atoms with Crippen LogP contribution in [0.5, 0.6) is 0 Å². The minimum Gasteiger partial charge on any atom is -0.452 e. The van der Waals surface area contributed by atoms with Crippen LogP contribution < -0.4 is 0 Å². The number of benzene rings is 13. The van der Waals surface area contributed by atoms with Crippen LogP contribution in [0.15, 0.2) is 393 Å². The Hall–Kier alpha value is -14.5. The van der Waals surface area contributed by atoms with Crippen molar-refractivity contribution in [1.29, 1.82) is 0 Å². The largest absolute Gasteiger partial charge is 0.452 e. The highest BCUT2D eigenvalue weighted by Gasteiger charge is 2.60. The summed E-state index contributed by atoms with van der Waals surface area (Å²) in [4.78, 5) is 122. The van der Waals surface area contributed by atoms with E-state index in [2.05, 4.69) is 0 Å². The van der Waals surface area contributed by atoms with E-state index in [0.29, 0.717) is 27.1 Å². The zero-order chi connectivity index (χ0) is 98.9. The van der Waals surface area contributed by atoms with Crippen LogP contribution in [0.3, 0.4) is 0 Å². The summed E-state index contributed by atoms with van der Waals surface area (Å²) >= 11 is 1.16. The lowest BCUT2D eigenvalue weighted by molar-refractivity contribution is -0.369. The highest BCUT2D eigenvalue weighted by Crippen LogP contribution is 2.44. The first-order valence-electron chi connectivity index (χ1n) is 47.2. The monoisotopic (exact) mass is 1960 g/mol. The summed E-state index contributed by atoms with van der Waals surface area (Å²) in [5, 5.41) is 0. The van der Waals surface area contributed by atoms with E-state index < -0.39 is 196 Å². The first-order valence-corrected chi connectivity index (χ1v) is 48.1. The second-order valence-corrected chi connectivity index (χ2v) is 35.6. The van der Waals surface area contributed by atoms with Crippen LogP contribution >= 0.6 is 11.8 Å². The molecule has 0 saturated carbocycles. The molecule has 21 atom stereocenters. The van der Waals surface area contributed by atoms with Gasteiger partial charge >= 0.3 is 47.8 Å². The van der Waals surface area contributed by atoms with Crippen LogP contribution in [0.2, 0.25) is 0 Å². The number of aryl methyl sites for hydroxylation is 1. The summed E-state index contributed by atoms with van der Waals surface area (Å²) in [5.41, 5.74) is 2.80. The fourth-order valence-electron chi connectivity index (χ4n) is 17.3. The smallest absolute Gasteiger partial charge is 0.338 e. The predicted molar refractivity (Wildman–Crippen MR) is 520 cm³/mol. The highest BCUT2D eigenvalue weighted by molar-refractivity contribution is 7.99. The summed E-state index contributed by atoms with van der Waals surface area (Å²) in [5.74, 6) is -7.15. The van der Waals surface area contributed by atoms with Gasteiger partial charge < -0.3 is 94.7 Å². The van der Waals surface area contributed by atoms with Crippen molar-refractivity contribution in [3.63, 3.8) is 0 Å². The lowest BCUT2D eigenvalue weighted by Crippen LogP contribution is -2.66. The number of hydrogen-bond donors (Lipinski definition) is 0. The van der Waals surface area contributed by atoms with Crippen molar-refractivity contribution in [2.45, 2.75) is 160 Å². The molecule has 5 aliphatic rings. The molecule has 18 rings (SSSR count). The minimum absolute atomic E-state index is 0.0250. The Morgan fingerprint density at radius 3 is 0.812 bits per heavy atom. The quantitative estimate of drug-likeness (QED) is 0.0258. The first-order chi connectivity index (χ1) is 70.6. The van der Waals surface area contributed by atoms with E-state index in [1.807, 2.05) is 79.7 Å². The molecule has 0 aromatic heterocycles. The average Bonchev–Trinajstić information content (AvgIpc) is 0.766. The third-order valence-corrected chi connectivity index (χ3v) is 25.7. The number of thioether (sulfide) groups is 1. The van der Waals surface area contributed by atoms with Crippen LogP contribution in [0, 0.1) is 6.92 Å². The van der Waals surface area contributed by atoms with Crippen LogP contribution in [0.1, 0.15) is 117 Å². The third-order valence-electron chi connectivity index (χ3n) is 24.6. The fourth-order valence-corrected chi connectivity index (χ4v) is 18.4. The van der Waals surface area contributed by atoms with Gasteiger partial charge in [0.05, 0.1) is 90.8 Å². The second kappa shape index (κ2) is 49.0. The Morgan fingerprint density at radius 2 is 0.500 bits per heavy atom. The molecule has 0 amide bonds. The van der Waals surface area contributed by atoms with E-state index in [1.165, 1.54) is 60.7 Å². The van der Waals surface area contributed by atoms with Gasteiger partial charge in [-0.2, -0.15) is 0 Å². The van der Waals surface area contributed by atoms with Gasteiger partial charge in [0.25, 0.3) is 0 Å². The van der Waals surface area contributed by atoms with Crippen molar-refractivity contribution in [2.24, 2.45) is 0 Å². The van der Waals surface area contributed by atoms with E-state index >= 15 is 24.0 Å². The predicted octanol–water partition coefficient (Wildman–Crippen LogP) is 17.7. The van der Waals surface area contributed by atoms with Gasteiger partial charge in [-0.3, -0.25) is 0 Å². The van der Waals surface area contributed by atoms with E-state index in [9.17, 15) is 14.4 Å². The maximum Gasteiger partial charge on any atom is 0.338 e. The molecule has 13 aromatic carbocycles. The molecule has 5 fully saturated rings. The fraction of sp³-hybridized carbons (Fsp3) is 0.252. The molecule has 0 N–H and O–H groups in total. The zero-order valence-corrected chi connectivity index (χ0v) is 78.7. The standard InChI is InChI=1S/C115H102O28S/c1-73-62-64-86(65-63-73)144-115-102(142-110(123)84-58-34-12-35-59-84)97(137-105(118)79-48-24-7-25-49-79)93(126-68-76-42-18-4-19-43-76)89(134-115)71-130-113-100(140-108(121)82-54-30-10-31-55-82)96(136-104(117)78-46-22-6-23-47-78)91(124-66-74-38-14-2-15-39-74)87(132-113)69-128-112-99(139-107(120)81-52-28-9-29-53-81)95(135-103(116)77-44-20-5-21-45-77)92(125-67-75-40-16-3-17-41-75)88(131-112)70-129-114-101(141-109(122)83-56-32-11-33-57-83)98(138-106(119)80-50-26-8-27-51-80)94-90(133-114)72-127-111(143-94)85-60-36-13-37-61-85/h2-65,87-102,111-115H,66-72H2,1H3/t87-,88-,89-,90-,91-,92-,93-,94-,95+,96+,97+,98+,99-,100-,101-,102-,111?,112-,113-,114-,115+/m1/s1. The maximum absolute atomic E-state index is 15.5. The minimum atomic E-state index is -1.99. The Bertz CT molecular complexity index is 6330. The average molecular weight is 1960 g/mol. The van der Waals surface area contributed by atoms with Crippen LogP contribution in [-0.4, -0.2) is 196 Å². The van der Waals surface area contributed by atoms with Crippen molar-refractivity contribution in [2.75, 3.05) is 26.4 Å². The van der Waals surface area contributed by atoms with Gasteiger partial charge in [-0.1, -0.05) is 296 Å². The van der Waals surface area contributed by atoms with E-state index in [4.69, 9.17) is 94.7 Å². The molecule has 5 saturated heterocycles. The lowest BCUT2D eigenvalue weighted by Gasteiger charge is -2.49. The number of esters is 8. The summed E-state index contributed by atoms with van der Waals surface area (Å²) in [7, 11) is 0. The zero-order valence-electron chi connectivity index (χ0n) is 77.9. The number of fused-ring (bicyclic) bond motifs is 1. The number of carbonyl (C=O) groups excluding carboxylic acids is 8. The van der Waals surface area contributed by atoms with Crippen molar-refractivity contribution in [3.05, 3.63) is 461 Å². The molecule has 0 bridgehead atoms. The second-order valence-electron chi connectivity index (χ2n) is 34.5.